The highest BCUT2D eigenvalue weighted by atomic mass is 35.5. The summed E-state index contributed by atoms with van der Waals surface area (Å²) in [6.07, 6.45) is 0.0224. The summed E-state index contributed by atoms with van der Waals surface area (Å²) in [6.45, 7) is -0.629. The van der Waals surface area contributed by atoms with Gasteiger partial charge >= 0.3 is 11.9 Å². The van der Waals surface area contributed by atoms with E-state index in [2.05, 4.69) is 9.47 Å². The summed E-state index contributed by atoms with van der Waals surface area (Å²) < 4.78 is 9.02. The number of benzene rings is 1. The average molecular weight is 314 g/mol. The van der Waals surface area contributed by atoms with Gasteiger partial charge in [-0.15, -0.1) is 0 Å². The van der Waals surface area contributed by atoms with Crippen molar-refractivity contribution in [3.63, 3.8) is 0 Å². The maximum absolute atomic E-state index is 12.2. The van der Waals surface area contributed by atoms with Crippen LogP contribution in [-0.2, 0) is 30.3 Å². The predicted molar refractivity (Wildman–Crippen MR) is 75.8 cm³/mol. The van der Waals surface area contributed by atoms with Gasteiger partial charge in [0, 0.05) is 5.02 Å². The van der Waals surface area contributed by atoms with Crippen molar-refractivity contribution in [2.75, 3.05) is 27.3 Å². The monoisotopic (exact) mass is 313 g/mol. The third-order valence-electron chi connectivity index (χ3n) is 2.69. The number of hydrogen-bond acceptors (Lipinski definition) is 5. The highest BCUT2D eigenvalue weighted by molar-refractivity contribution is 6.30. The number of carbonyl (C=O) groups excluding carboxylic acids is 3. The van der Waals surface area contributed by atoms with E-state index in [-0.39, 0.29) is 19.5 Å². The van der Waals surface area contributed by atoms with Crippen LogP contribution in [0.4, 0.5) is 0 Å². The molecule has 114 valence electrons. The van der Waals surface area contributed by atoms with Crippen molar-refractivity contribution >= 4 is 29.4 Å². The van der Waals surface area contributed by atoms with Crippen LogP contribution in [-0.4, -0.2) is 50.1 Å². The van der Waals surface area contributed by atoms with Gasteiger partial charge in [0.25, 0.3) is 0 Å². The van der Waals surface area contributed by atoms with Gasteiger partial charge in [0.2, 0.25) is 5.91 Å². The minimum Gasteiger partial charge on any atom is -0.468 e. The topological polar surface area (TPSA) is 72.9 Å². The van der Waals surface area contributed by atoms with Gasteiger partial charge in [0.15, 0.2) is 0 Å². The minimum atomic E-state index is -0.613. The van der Waals surface area contributed by atoms with E-state index in [0.29, 0.717) is 10.6 Å². The average Bonchev–Trinajstić information content (AvgIpc) is 2.46. The van der Waals surface area contributed by atoms with Gasteiger partial charge < -0.3 is 14.4 Å². The summed E-state index contributed by atoms with van der Waals surface area (Å²) in [4.78, 5) is 35.9. The summed E-state index contributed by atoms with van der Waals surface area (Å²) in [6, 6.07) is 6.79. The fourth-order valence-corrected chi connectivity index (χ4v) is 1.82. The second-order valence-corrected chi connectivity index (χ2v) is 4.65. The van der Waals surface area contributed by atoms with E-state index in [0.717, 1.165) is 4.90 Å². The lowest BCUT2D eigenvalue weighted by Crippen LogP contribution is -2.41. The highest BCUT2D eigenvalue weighted by Crippen LogP contribution is 2.12. The smallest absolute Gasteiger partial charge is 0.325 e. The molecule has 0 aromatic heterocycles. The van der Waals surface area contributed by atoms with Crippen LogP contribution in [0.5, 0.6) is 0 Å². The number of rotatable bonds is 6. The van der Waals surface area contributed by atoms with Crippen LogP contribution in [0.15, 0.2) is 24.3 Å². The van der Waals surface area contributed by atoms with Crippen LogP contribution < -0.4 is 0 Å². The minimum absolute atomic E-state index is 0.0224. The molecule has 1 rings (SSSR count). The molecule has 0 aliphatic carbocycles. The van der Waals surface area contributed by atoms with Gasteiger partial charge in [0.05, 0.1) is 20.6 Å². The summed E-state index contributed by atoms with van der Waals surface area (Å²) in [7, 11) is 2.42. The van der Waals surface area contributed by atoms with Crippen molar-refractivity contribution in [2.45, 2.75) is 6.42 Å². The van der Waals surface area contributed by atoms with Crippen molar-refractivity contribution in [1.82, 2.24) is 4.90 Å². The zero-order valence-corrected chi connectivity index (χ0v) is 12.6. The molecule has 1 aromatic carbocycles. The van der Waals surface area contributed by atoms with E-state index >= 15 is 0 Å². The first-order valence-corrected chi connectivity index (χ1v) is 6.50. The molecule has 0 aliphatic rings. The standard InChI is InChI=1S/C14H16ClNO5/c1-20-13(18)8-16(9-14(19)21-2)12(17)7-10-4-3-5-11(15)6-10/h3-6H,7-9H2,1-2H3. The maximum Gasteiger partial charge on any atom is 0.325 e. The molecule has 0 N–H and O–H groups in total. The second kappa shape index (κ2) is 8.26. The lowest BCUT2D eigenvalue weighted by atomic mass is 10.1. The molecule has 7 heteroatoms. The van der Waals surface area contributed by atoms with Crippen LogP contribution in [0.25, 0.3) is 0 Å². The van der Waals surface area contributed by atoms with E-state index in [9.17, 15) is 14.4 Å². The molecular formula is C14H16ClNO5. The van der Waals surface area contributed by atoms with Gasteiger partial charge in [-0.1, -0.05) is 23.7 Å². The molecule has 0 radical (unpaired) electrons. The van der Waals surface area contributed by atoms with Crippen molar-refractivity contribution in [2.24, 2.45) is 0 Å². The predicted octanol–water partition coefficient (Wildman–Crippen LogP) is 1.06. The lowest BCUT2D eigenvalue weighted by molar-refractivity contribution is -0.151. The molecule has 0 heterocycles. The number of amides is 1. The molecule has 0 unspecified atom stereocenters. The van der Waals surface area contributed by atoms with Crippen LogP contribution in [0, 0.1) is 0 Å². The highest BCUT2D eigenvalue weighted by Gasteiger charge is 2.21. The third kappa shape index (κ3) is 5.83. The van der Waals surface area contributed by atoms with Crippen molar-refractivity contribution in [3.05, 3.63) is 34.9 Å². The zero-order valence-electron chi connectivity index (χ0n) is 11.8. The molecule has 0 spiro atoms. The van der Waals surface area contributed by atoms with Crippen LogP contribution in [0.1, 0.15) is 5.56 Å². The number of halogens is 1. The maximum atomic E-state index is 12.2. The molecule has 21 heavy (non-hydrogen) atoms. The van der Waals surface area contributed by atoms with Gasteiger partial charge in [-0.05, 0) is 17.7 Å². The third-order valence-corrected chi connectivity index (χ3v) is 2.93. The number of esters is 2. The Morgan fingerprint density at radius 3 is 2.14 bits per heavy atom. The van der Waals surface area contributed by atoms with Gasteiger partial charge in [-0.25, -0.2) is 0 Å². The number of carbonyl (C=O) groups is 3. The Hall–Kier alpha value is -2.08. The zero-order chi connectivity index (χ0) is 15.8. The molecule has 6 nitrogen and oxygen atoms in total. The fourth-order valence-electron chi connectivity index (χ4n) is 1.61. The van der Waals surface area contributed by atoms with Gasteiger partial charge in [0.1, 0.15) is 13.1 Å². The van der Waals surface area contributed by atoms with E-state index in [1.165, 1.54) is 14.2 Å². The molecule has 0 aliphatic heterocycles. The van der Waals surface area contributed by atoms with Gasteiger partial charge in [-0.2, -0.15) is 0 Å². The van der Waals surface area contributed by atoms with E-state index in [1.807, 2.05) is 0 Å². The van der Waals surface area contributed by atoms with E-state index in [1.54, 1.807) is 24.3 Å². The van der Waals surface area contributed by atoms with Crippen LogP contribution in [0.3, 0.4) is 0 Å². The Balaban J connectivity index is 2.78. The number of nitrogens with zero attached hydrogens (tertiary/aromatic N) is 1. The number of hydrogen-bond donors (Lipinski definition) is 0. The molecular weight excluding hydrogens is 298 g/mol. The molecule has 1 aromatic rings. The Morgan fingerprint density at radius 1 is 1.10 bits per heavy atom. The normalized spacial score (nSPS) is 9.86. The summed E-state index contributed by atoms with van der Waals surface area (Å²) in [5.41, 5.74) is 0.687. The largest absolute Gasteiger partial charge is 0.468 e. The summed E-state index contributed by atoms with van der Waals surface area (Å²) >= 11 is 5.85. The lowest BCUT2D eigenvalue weighted by Gasteiger charge is -2.20. The van der Waals surface area contributed by atoms with Crippen LogP contribution >= 0.6 is 11.6 Å². The molecule has 1 amide bonds. The number of ether oxygens (including phenoxy) is 2. The first kappa shape index (κ1) is 17.0. The van der Waals surface area contributed by atoms with Crippen LogP contribution in [0.2, 0.25) is 5.02 Å². The summed E-state index contributed by atoms with van der Waals surface area (Å²) in [5.74, 6) is -1.62. The number of methoxy groups -OCH3 is 2. The van der Waals surface area contributed by atoms with Crippen molar-refractivity contribution < 1.29 is 23.9 Å². The molecule has 0 saturated heterocycles. The Kier molecular flexibility index (Phi) is 6.68. The van der Waals surface area contributed by atoms with Crippen molar-refractivity contribution in [1.29, 1.82) is 0 Å². The SMILES string of the molecule is COC(=O)CN(CC(=O)OC)C(=O)Cc1cccc(Cl)c1. The van der Waals surface area contributed by atoms with E-state index < -0.39 is 17.8 Å². The Labute approximate surface area is 127 Å². The van der Waals surface area contributed by atoms with Crippen molar-refractivity contribution in [3.8, 4) is 0 Å². The fraction of sp³-hybridized carbons (Fsp3) is 0.357. The summed E-state index contributed by atoms with van der Waals surface area (Å²) in [5, 5.41) is 0.507. The Morgan fingerprint density at radius 2 is 1.67 bits per heavy atom. The second-order valence-electron chi connectivity index (χ2n) is 4.21. The molecule has 0 bridgehead atoms. The first-order valence-electron chi connectivity index (χ1n) is 6.12. The molecule has 0 fully saturated rings. The Bertz CT molecular complexity index is 514. The molecule has 0 saturated carbocycles. The van der Waals surface area contributed by atoms with Gasteiger partial charge in [-0.3, -0.25) is 14.4 Å². The van der Waals surface area contributed by atoms with E-state index in [4.69, 9.17) is 11.6 Å². The molecule has 0 atom stereocenters. The quantitative estimate of drug-likeness (QED) is 0.734. The first-order chi connectivity index (χ1) is 9.96.